The average Bonchev–Trinajstić information content (AvgIpc) is 2.38. The number of benzene rings is 2. The van der Waals surface area contributed by atoms with E-state index in [0.29, 0.717) is 10.8 Å². The first kappa shape index (κ1) is 12.0. The molecule has 0 saturated heterocycles. The van der Waals surface area contributed by atoms with Crippen LogP contribution in [0.1, 0.15) is 17.2 Å². The van der Waals surface area contributed by atoms with Crippen molar-refractivity contribution in [3.8, 4) is 5.75 Å². The van der Waals surface area contributed by atoms with Crippen molar-refractivity contribution in [1.29, 1.82) is 0 Å². The van der Waals surface area contributed by atoms with Crippen LogP contribution < -0.4 is 4.74 Å². The van der Waals surface area contributed by atoms with E-state index in [2.05, 4.69) is 0 Å². The first-order valence-electron chi connectivity index (χ1n) is 5.29. The predicted molar refractivity (Wildman–Crippen MR) is 68.5 cm³/mol. The molecule has 2 rings (SSSR count). The maximum atomic E-state index is 10.3. The van der Waals surface area contributed by atoms with Crippen molar-refractivity contribution < 1.29 is 9.84 Å². The lowest BCUT2D eigenvalue weighted by atomic mass is 10.0. The highest BCUT2D eigenvalue weighted by molar-refractivity contribution is 6.30. The van der Waals surface area contributed by atoms with Crippen LogP contribution >= 0.6 is 11.6 Å². The van der Waals surface area contributed by atoms with E-state index in [-0.39, 0.29) is 0 Å². The number of hydrogen-bond acceptors (Lipinski definition) is 2. The lowest BCUT2D eigenvalue weighted by Crippen LogP contribution is -2.02. The Morgan fingerprint density at radius 1 is 1.12 bits per heavy atom. The van der Waals surface area contributed by atoms with Crippen molar-refractivity contribution in [3.63, 3.8) is 0 Å². The highest BCUT2D eigenvalue weighted by atomic mass is 35.5. The van der Waals surface area contributed by atoms with E-state index in [9.17, 15) is 5.11 Å². The molecule has 0 fully saturated rings. The number of para-hydroxylation sites is 1. The van der Waals surface area contributed by atoms with Gasteiger partial charge in [-0.05, 0) is 23.8 Å². The fraction of sp³-hybridized carbons (Fsp3) is 0.143. The van der Waals surface area contributed by atoms with Crippen LogP contribution in [0.4, 0.5) is 0 Å². The van der Waals surface area contributed by atoms with Crippen LogP contribution in [-0.2, 0) is 0 Å². The van der Waals surface area contributed by atoms with Crippen LogP contribution in [0.2, 0.25) is 5.02 Å². The highest BCUT2D eigenvalue weighted by Gasteiger charge is 2.14. The summed E-state index contributed by atoms with van der Waals surface area (Å²) in [7, 11) is 1.59. The van der Waals surface area contributed by atoms with E-state index in [1.54, 1.807) is 19.2 Å². The minimum absolute atomic E-state index is 0.608. The zero-order chi connectivity index (χ0) is 12.3. The molecule has 0 amide bonds. The maximum Gasteiger partial charge on any atom is 0.125 e. The minimum Gasteiger partial charge on any atom is -0.496 e. The summed E-state index contributed by atoms with van der Waals surface area (Å²) in [5.41, 5.74) is 1.49. The average molecular weight is 249 g/mol. The van der Waals surface area contributed by atoms with E-state index in [1.807, 2.05) is 36.4 Å². The zero-order valence-corrected chi connectivity index (χ0v) is 10.2. The van der Waals surface area contributed by atoms with E-state index >= 15 is 0 Å². The molecule has 1 unspecified atom stereocenters. The van der Waals surface area contributed by atoms with Gasteiger partial charge in [0.25, 0.3) is 0 Å². The molecule has 1 N–H and O–H groups in total. The molecule has 0 aliphatic carbocycles. The number of aliphatic hydroxyl groups excluding tert-OH is 1. The summed E-state index contributed by atoms with van der Waals surface area (Å²) in [4.78, 5) is 0. The Kier molecular flexibility index (Phi) is 3.67. The third-order valence-electron chi connectivity index (χ3n) is 2.60. The summed E-state index contributed by atoms with van der Waals surface area (Å²) in [6.07, 6.45) is -0.732. The Morgan fingerprint density at radius 2 is 1.88 bits per heavy atom. The normalized spacial score (nSPS) is 12.2. The number of methoxy groups -OCH3 is 1. The third-order valence-corrected chi connectivity index (χ3v) is 2.83. The van der Waals surface area contributed by atoms with Gasteiger partial charge >= 0.3 is 0 Å². The van der Waals surface area contributed by atoms with Crippen molar-refractivity contribution >= 4 is 11.6 Å². The quantitative estimate of drug-likeness (QED) is 0.902. The van der Waals surface area contributed by atoms with Gasteiger partial charge in [-0.2, -0.15) is 0 Å². The monoisotopic (exact) mass is 248 g/mol. The topological polar surface area (TPSA) is 29.5 Å². The van der Waals surface area contributed by atoms with Crippen LogP contribution in [-0.4, -0.2) is 12.2 Å². The van der Waals surface area contributed by atoms with Crippen LogP contribution in [0.15, 0.2) is 48.5 Å². The van der Waals surface area contributed by atoms with E-state index < -0.39 is 6.10 Å². The van der Waals surface area contributed by atoms with Gasteiger partial charge in [0, 0.05) is 10.6 Å². The van der Waals surface area contributed by atoms with Gasteiger partial charge in [-0.3, -0.25) is 0 Å². The predicted octanol–water partition coefficient (Wildman–Crippen LogP) is 3.43. The molecule has 88 valence electrons. The molecule has 1 atom stereocenters. The Balaban J connectivity index is 2.40. The Hall–Kier alpha value is -1.51. The molecule has 0 saturated carbocycles. The second kappa shape index (κ2) is 5.21. The lowest BCUT2D eigenvalue weighted by Gasteiger charge is -2.15. The van der Waals surface area contributed by atoms with Gasteiger partial charge in [0.1, 0.15) is 11.9 Å². The van der Waals surface area contributed by atoms with Crippen molar-refractivity contribution in [2.24, 2.45) is 0 Å². The van der Waals surface area contributed by atoms with Gasteiger partial charge in [-0.15, -0.1) is 0 Å². The number of rotatable bonds is 3. The van der Waals surface area contributed by atoms with Crippen molar-refractivity contribution in [2.75, 3.05) is 7.11 Å². The maximum absolute atomic E-state index is 10.3. The largest absolute Gasteiger partial charge is 0.496 e. The first-order chi connectivity index (χ1) is 8.22. The Bertz CT molecular complexity index is 511. The van der Waals surface area contributed by atoms with Crippen LogP contribution in [0, 0.1) is 0 Å². The Morgan fingerprint density at radius 3 is 2.59 bits per heavy atom. The molecule has 0 heterocycles. The van der Waals surface area contributed by atoms with Gasteiger partial charge in [-0.1, -0.05) is 41.9 Å². The number of hydrogen-bond donors (Lipinski definition) is 1. The fourth-order valence-electron chi connectivity index (χ4n) is 1.75. The minimum atomic E-state index is -0.732. The van der Waals surface area contributed by atoms with Crippen LogP contribution in [0.3, 0.4) is 0 Å². The molecule has 17 heavy (non-hydrogen) atoms. The van der Waals surface area contributed by atoms with Gasteiger partial charge in [-0.25, -0.2) is 0 Å². The second-order valence-corrected chi connectivity index (χ2v) is 4.14. The molecule has 3 heteroatoms. The number of halogens is 1. The summed E-state index contributed by atoms with van der Waals surface area (Å²) in [6.45, 7) is 0. The van der Waals surface area contributed by atoms with Crippen LogP contribution in [0.25, 0.3) is 0 Å². The standard InChI is InChI=1S/C14H13ClO2/c1-17-13-8-3-2-7-12(13)14(16)10-5-4-6-11(15)9-10/h2-9,14,16H,1H3. The van der Waals surface area contributed by atoms with Crippen LogP contribution in [0.5, 0.6) is 5.75 Å². The molecule has 0 aliphatic heterocycles. The third kappa shape index (κ3) is 2.60. The second-order valence-electron chi connectivity index (χ2n) is 3.70. The van der Waals surface area contributed by atoms with E-state index in [1.165, 1.54) is 0 Å². The smallest absolute Gasteiger partial charge is 0.125 e. The van der Waals surface area contributed by atoms with Crippen molar-refractivity contribution in [2.45, 2.75) is 6.10 Å². The molecular weight excluding hydrogens is 236 g/mol. The molecule has 2 aromatic rings. The molecule has 0 spiro atoms. The Labute approximate surface area is 105 Å². The fourth-order valence-corrected chi connectivity index (χ4v) is 1.95. The van der Waals surface area contributed by atoms with Gasteiger partial charge < -0.3 is 9.84 Å². The summed E-state index contributed by atoms with van der Waals surface area (Å²) in [5, 5.41) is 10.9. The molecule has 0 aromatic heterocycles. The summed E-state index contributed by atoms with van der Waals surface area (Å²) < 4.78 is 5.23. The van der Waals surface area contributed by atoms with E-state index in [0.717, 1.165) is 11.1 Å². The highest BCUT2D eigenvalue weighted by Crippen LogP contribution is 2.30. The summed E-state index contributed by atoms with van der Waals surface area (Å²) >= 11 is 5.91. The van der Waals surface area contributed by atoms with Gasteiger partial charge in [0.2, 0.25) is 0 Å². The molecular formula is C14H13ClO2. The van der Waals surface area contributed by atoms with E-state index in [4.69, 9.17) is 16.3 Å². The molecule has 2 nitrogen and oxygen atoms in total. The first-order valence-corrected chi connectivity index (χ1v) is 5.66. The zero-order valence-electron chi connectivity index (χ0n) is 9.43. The summed E-state index contributed by atoms with van der Waals surface area (Å²) in [6, 6.07) is 14.6. The number of ether oxygens (including phenoxy) is 1. The van der Waals surface area contributed by atoms with Gasteiger partial charge in [0.05, 0.1) is 7.11 Å². The summed E-state index contributed by atoms with van der Waals surface area (Å²) in [5.74, 6) is 0.667. The molecule has 0 aliphatic rings. The number of aliphatic hydroxyl groups is 1. The molecule has 2 aromatic carbocycles. The SMILES string of the molecule is COc1ccccc1C(O)c1cccc(Cl)c1. The lowest BCUT2D eigenvalue weighted by molar-refractivity contribution is 0.215. The molecule has 0 radical (unpaired) electrons. The van der Waals surface area contributed by atoms with Crippen molar-refractivity contribution in [1.82, 2.24) is 0 Å². The van der Waals surface area contributed by atoms with Crippen molar-refractivity contribution in [3.05, 3.63) is 64.7 Å². The molecule has 0 bridgehead atoms. The van der Waals surface area contributed by atoms with Gasteiger partial charge in [0.15, 0.2) is 0 Å².